The number of likely N-dealkylation sites (tertiary alicyclic amines) is 1. The van der Waals surface area contributed by atoms with Crippen molar-refractivity contribution in [3.8, 4) is 16.9 Å². The van der Waals surface area contributed by atoms with E-state index in [1.165, 1.54) is 0 Å². The number of aromatic nitrogens is 1. The Morgan fingerprint density at radius 2 is 1.92 bits per heavy atom. The van der Waals surface area contributed by atoms with Gasteiger partial charge in [0.25, 0.3) is 11.8 Å². The average molecular weight is 508 g/mol. The van der Waals surface area contributed by atoms with Crippen LogP contribution in [0.25, 0.3) is 11.1 Å². The zero-order valence-corrected chi connectivity index (χ0v) is 21.0. The molecule has 3 N–H and O–H groups in total. The highest BCUT2D eigenvalue weighted by atomic mass is 35.5. The number of likely N-dealkylation sites (N-methyl/N-ethyl adjacent to an activating group) is 2. The SMILES string of the molecule is CNC(=O)[C@@H]1C[C@@H](O)C[N+]1(C)C1(c2cc(-c3ccncc3)ccc2OC)C(=O)Nc2ccc(Cl)cc21. The van der Waals surface area contributed by atoms with Crippen LogP contribution in [0.5, 0.6) is 5.75 Å². The zero-order chi connectivity index (χ0) is 25.7. The number of nitrogens with one attached hydrogen (secondary N) is 2. The molecule has 4 atom stereocenters. The summed E-state index contributed by atoms with van der Waals surface area (Å²) in [6, 6.07) is 14.0. The molecule has 2 aromatic carbocycles. The first kappa shape index (κ1) is 24.2. The first-order valence-electron chi connectivity index (χ1n) is 11.7. The molecule has 186 valence electrons. The van der Waals surface area contributed by atoms with E-state index >= 15 is 0 Å². The molecular weight excluding hydrogens is 480 g/mol. The molecule has 0 spiro atoms. The minimum atomic E-state index is -1.43. The number of hydrogen-bond donors (Lipinski definition) is 3. The summed E-state index contributed by atoms with van der Waals surface area (Å²) in [5.74, 6) is -0.0661. The van der Waals surface area contributed by atoms with Crippen LogP contribution in [0.4, 0.5) is 5.69 Å². The second-order valence-corrected chi connectivity index (χ2v) is 9.91. The molecule has 5 rings (SSSR count). The van der Waals surface area contributed by atoms with Gasteiger partial charge in [0.1, 0.15) is 18.4 Å². The number of nitrogens with zero attached hydrogens (tertiary/aromatic N) is 2. The van der Waals surface area contributed by atoms with E-state index in [0.29, 0.717) is 27.6 Å². The Morgan fingerprint density at radius 3 is 2.61 bits per heavy atom. The third-order valence-electron chi connectivity index (χ3n) is 7.64. The van der Waals surface area contributed by atoms with Gasteiger partial charge >= 0.3 is 0 Å². The van der Waals surface area contributed by atoms with Gasteiger partial charge in [-0.3, -0.25) is 19.1 Å². The van der Waals surface area contributed by atoms with Crippen LogP contribution in [-0.2, 0) is 15.1 Å². The predicted octanol–water partition coefficient (Wildman–Crippen LogP) is 2.93. The molecule has 3 heterocycles. The number of methoxy groups -OCH3 is 1. The number of hydrogen-bond acceptors (Lipinski definition) is 5. The highest BCUT2D eigenvalue weighted by Gasteiger charge is 2.68. The molecule has 1 aromatic heterocycles. The predicted molar refractivity (Wildman–Crippen MR) is 137 cm³/mol. The number of anilines is 1. The summed E-state index contributed by atoms with van der Waals surface area (Å²) in [6.45, 7) is 0.181. The lowest BCUT2D eigenvalue weighted by Crippen LogP contribution is -2.68. The number of halogens is 1. The second-order valence-electron chi connectivity index (χ2n) is 9.48. The van der Waals surface area contributed by atoms with Crippen molar-refractivity contribution >= 4 is 29.1 Å². The lowest BCUT2D eigenvalue weighted by atomic mass is 9.78. The van der Waals surface area contributed by atoms with Gasteiger partial charge in [0.15, 0.2) is 6.04 Å². The van der Waals surface area contributed by atoms with E-state index in [2.05, 4.69) is 15.6 Å². The number of aliphatic hydroxyl groups is 1. The van der Waals surface area contributed by atoms with Gasteiger partial charge in [-0.1, -0.05) is 17.7 Å². The summed E-state index contributed by atoms with van der Waals surface area (Å²) in [6.07, 6.45) is 2.85. The smallest absolute Gasteiger partial charge is 0.295 e. The van der Waals surface area contributed by atoms with E-state index in [1.807, 2.05) is 37.4 Å². The lowest BCUT2D eigenvalue weighted by Gasteiger charge is -2.48. The fourth-order valence-electron chi connectivity index (χ4n) is 6.06. The molecule has 9 heteroatoms. The number of amides is 2. The number of ether oxygens (including phenoxy) is 1. The third-order valence-corrected chi connectivity index (χ3v) is 7.87. The summed E-state index contributed by atoms with van der Waals surface area (Å²) in [5, 5.41) is 17.1. The van der Waals surface area contributed by atoms with Gasteiger partial charge < -0.3 is 20.5 Å². The molecule has 0 bridgehead atoms. The number of rotatable bonds is 5. The summed E-state index contributed by atoms with van der Waals surface area (Å²) >= 11 is 6.48. The van der Waals surface area contributed by atoms with E-state index in [0.717, 1.165) is 11.1 Å². The highest BCUT2D eigenvalue weighted by Crippen LogP contribution is 2.55. The van der Waals surface area contributed by atoms with Crippen molar-refractivity contribution in [3.63, 3.8) is 0 Å². The van der Waals surface area contributed by atoms with Crippen molar-refractivity contribution in [3.05, 3.63) is 77.1 Å². The van der Waals surface area contributed by atoms with Gasteiger partial charge in [-0.25, -0.2) is 0 Å². The molecule has 2 unspecified atom stereocenters. The van der Waals surface area contributed by atoms with Gasteiger partial charge in [0.2, 0.25) is 5.54 Å². The number of benzene rings is 2. The van der Waals surface area contributed by atoms with Crippen LogP contribution in [0.2, 0.25) is 5.02 Å². The maximum absolute atomic E-state index is 14.3. The number of carbonyl (C=O) groups is 2. The van der Waals surface area contributed by atoms with Crippen molar-refractivity contribution in [1.29, 1.82) is 0 Å². The topological polar surface area (TPSA) is 101 Å². The Hall–Kier alpha value is -3.46. The standard InChI is InChI=1S/C27H27ClN4O4/c1-29-25(34)23-14-19(33)15-32(23,2)27(20-13-18(28)5-6-22(20)31-26(27)35)21-12-17(4-7-24(21)36-3)16-8-10-30-11-9-16/h4-13,19,23,33H,14-15H2,1-3H3,(H-,29,31,34,35)/p+1/t19-,23+,27?,32?/m1/s1. The van der Waals surface area contributed by atoms with Crippen LogP contribution in [0.3, 0.4) is 0 Å². The number of aliphatic hydroxyl groups excluding tert-OH is 1. The van der Waals surface area contributed by atoms with Gasteiger partial charge in [-0.2, -0.15) is 0 Å². The molecule has 1 saturated heterocycles. The van der Waals surface area contributed by atoms with E-state index < -0.39 is 17.7 Å². The lowest BCUT2D eigenvalue weighted by molar-refractivity contribution is -0.953. The number of carbonyl (C=O) groups excluding carboxylic acids is 2. The molecule has 8 nitrogen and oxygen atoms in total. The molecule has 3 aromatic rings. The van der Waals surface area contributed by atoms with Crippen LogP contribution >= 0.6 is 11.6 Å². The van der Waals surface area contributed by atoms with Crippen LogP contribution < -0.4 is 15.4 Å². The summed E-state index contributed by atoms with van der Waals surface area (Å²) in [7, 11) is 4.97. The quantitative estimate of drug-likeness (QED) is 0.461. The normalized spacial score (nSPS) is 26.9. The maximum Gasteiger partial charge on any atom is 0.295 e. The van der Waals surface area contributed by atoms with Gasteiger partial charge in [-0.15, -0.1) is 0 Å². The molecule has 2 aliphatic rings. The Bertz CT molecular complexity index is 1350. The van der Waals surface area contributed by atoms with Crippen LogP contribution in [0.15, 0.2) is 60.9 Å². The Morgan fingerprint density at radius 1 is 1.17 bits per heavy atom. The Labute approximate surface area is 214 Å². The fourth-order valence-corrected chi connectivity index (χ4v) is 6.23. The molecule has 1 fully saturated rings. The first-order chi connectivity index (χ1) is 17.3. The molecule has 0 radical (unpaired) electrons. The van der Waals surface area contributed by atoms with E-state index in [9.17, 15) is 14.7 Å². The monoisotopic (exact) mass is 507 g/mol. The largest absolute Gasteiger partial charge is 0.496 e. The van der Waals surface area contributed by atoms with Crippen molar-refractivity contribution in [2.45, 2.75) is 24.1 Å². The van der Waals surface area contributed by atoms with Crippen molar-refractivity contribution < 1.29 is 23.9 Å². The van der Waals surface area contributed by atoms with Crippen LogP contribution in [-0.4, -0.2) is 66.3 Å². The van der Waals surface area contributed by atoms with E-state index in [4.69, 9.17) is 16.3 Å². The molecular formula is C27H28ClN4O4+. The number of fused-ring (bicyclic) bond motifs is 1. The Kier molecular flexibility index (Phi) is 5.98. The van der Waals surface area contributed by atoms with Crippen LogP contribution in [0, 0.1) is 0 Å². The summed E-state index contributed by atoms with van der Waals surface area (Å²) in [4.78, 5) is 31.6. The zero-order valence-electron chi connectivity index (χ0n) is 20.3. The van der Waals surface area contributed by atoms with Gasteiger partial charge in [0.05, 0.1) is 31.0 Å². The Balaban J connectivity index is 1.88. The van der Waals surface area contributed by atoms with Gasteiger partial charge in [-0.05, 0) is 53.6 Å². The second kappa shape index (κ2) is 8.89. The molecule has 36 heavy (non-hydrogen) atoms. The first-order valence-corrected chi connectivity index (χ1v) is 12.1. The minimum absolute atomic E-state index is 0.0802. The van der Waals surface area contributed by atoms with Crippen LogP contribution in [0.1, 0.15) is 17.5 Å². The molecule has 0 aliphatic carbocycles. The van der Waals surface area contributed by atoms with Crippen molar-refractivity contribution in [1.82, 2.24) is 10.3 Å². The molecule has 0 saturated carbocycles. The van der Waals surface area contributed by atoms with E-state index in [1.54, 1.807) is 44.8 Å². The highest BCUT2D eigenvalue weighted by molar-refractivity contribution is 6.31. The summed E-state index contributed by atoms with van der Waals surface area (Å²) in [5.41, 5.74) is 2.18. The minimum Gasteiger partial charge on any atom is -0.496 e. The fraction of sp³-hybridized carbons (Fsp3) is 0.296. The van der Waals surface area contributed by atoms with Crippen molar-refractivity contribution in [2.24, 2.45) is 0 Å². The summed E-state index contributed by atoms with van der Waals surface area (Å²) < 4.78 is 5.74. The average Bonchev–Trinajstić information content (AvgIpc) is 3.36. The molecule has 2 aliphatic heterocycles. The number of quaternary nitrogens is 1. The number of pyridine rings is 1. The van der Waals surface area contributed by atoms with Gasteiger partial charge in [0, 0.05) is 30.9 Å². The third kappa shape index (κ3) is 3.40. The van der Waals surface area contributed by atoms with Crippen molar-refractivity contribution in [2.75, 3.05) is 33.1 Å². The van der Waals surface area contributed by atoms with E-state index in [-0.39, 0.29) is 29.3 Å². The maximum atomic E-state index is 14.3. The molecule has 2 amide bonds.